The molecular formula is C12H14N2S. The number of aliphatic imine (C=N–C) groups is 1. The topological polar surface area (TPSA) is 24.4 Å². The molecule has 2 nitrogen and oxygen atoms in total. The van der Waals surface area contributed by atoms with Crippen molar-refractivity contribution in [3.8, 4) is 0 Å². The summed E-state index contributed by atoms with van der Waals surface area (Å²) in [6.07, 6.45) is 2.63. The Bertz CT molecular complexity index is 370. The number of benzene rings is 1. The Balaban J connectivity index is 1.63. The van der Waals surface area contributed by atoms with Gasteiger partial charge in [0.2, 0.25) is 0 Å². The number of nitrogens with one attached hydrogen (secondary N) is 1. The molecule has 1 unspecified atom stereocenters. The zero-order chi connectivity index (χ0) is 10.1. The van der Waals surface area contributed by atoms with Gasteiger partial charge in [-0.25, -0.2) is 0 Å². The maximum Gasteiger partial charge on any atom is 0.157 e. The van der Waals surface area contributed by atoms with E-state index in [-0.39, 0.29) is 0 Å². The first-order valence-corrected chi connectivity index (χ1v) is 6.32. The van der Waals surface area contributed by atoms with Gasteiger partial charge in [0.05, 0.1) is 11.8 Å². The van der Waals surface area contributed by atoms with Gasteiger partial charge in [-0.1, -0.05) is 42.1 Å². The van der Waals surface area contributed by atoms with E-state index in [1.807, 2.05) is 11.8 Å². The Morgan fingerprint density at radius 2 is 2.00 bits per heavy atom. The van der Waals surface area contributed by atoms with Gasteiger partial charge in [0, 0.05) is 6.04 Å². The Kier molecular flexibility index (Phi) is 2.41. The van der Waals surface area contributed by atoms with E-state index < -0.39 is 0 Å². The molecule has 0 saturated heterocycles. The molecule has 1 saturated carbocycles. The van der Waals surface area contributed by atoms with Crippen LogP contribution in [0.25, 0.3) is 0 Å². The molecule has 0 aromatic heterocycles. The van der Waals surface area contributed by atoms with Crippen molar-refractivity contribution in [3.63, 3.8) is 0 Å². The number of amidine groups is 1. The molecule has 2 aliphatic rings. The van der Waals surface area contributed by atoms with Crippen LogP contribution in [0.5, 0.6) is 0 Å². The van der Waals surface area contributed by atoms with Gasteiger partial charge in [0.15, 0.2) is 5.17 Å². The first kappa shape index (κ1) is 9.28. The molecule has 1 aromatic carbocycles. The van der Waals surface area contributed by atoms with Gasteiger partial charge in [0.1, 0.15) is 0 Å². The van der Waals surface area contributed by atoms with E-state index in [0.29, 0.717) is 11.3 Å². The van der Waals surface area contributed by atoms with E-state index in [4.69, 9.17) is 0 Å². The minimum absolute atomic E-state index is 0.521. The van der Waals surface area contributed by atoms with Crippen LogP contribution >= 0.6 is 11.8 Å². The Labute approximate surface area is 94.2 Å². The number of hydrogen-bond acceptors (Lipinski definition) is 3. The number of nitrogens with zero attached hydrogens (tertiary/aromatic N) is 1. The maximum atomic E-state index is 4.54. The molecule has 1 atom stereocenters. The molecule has 1 aromatic rings. The van der Waals surface area contributed by atoms with Gasteiger partial charge in [-0.15, -0.1) is 0 Å². The smallest absolute Gasteiger partial charge is 0.157 e. The Morgan fingerprint density at radius 1 is 1.20 bits per heavy atom. The summed E-state index contributed by atoms with van der Waals surface area (Å²) in [4.78, 5) is 4.54. The van der Waals surface area contributed by atoms with Crippen LogP contribution in [0.15, 0.2) is 35.3 Å². The summed E-state index contributed by atoms with van der Waals surface area (Å²) in [6, 6.07) is 11.4. The minimum Gasteiger partial charge on any atom is -0.362 e. The monoisotopic (exact) mass is 218 g/mol. The van der Waals surface area contributed by atoms with Gasteiger partial charge in [-0.2, -0.15) is 0 Å². The normalized spacial score (nSPS) is 25.1. The van der Waals surface area contributed by atoms with E-state index in [1.165, 1.54) is 18.4 Å². The zero-order valence-electron chi connectivity index (χ0n) is 8.52. The van der Waals surface area contributed by atoms with Crippen molar-refractivity contribution in [3.05, 3.63) is 35.9 Å². The number of hydrogen-bond donors (Lipinski definition) is 1. The van der Waals surface area contributed by atoms with Crippen molar-refractivity contribution in [1.82, 2.24) is 5.32 Å². The van der Waals surface area contributed by atoms with E-state index in [9.17, 15) is 0 Å². The summed E-state index contributed by atoms with van der Waals surface area (Å²) in [7, 11) is 0. The lowest BCUT2D eigenvalue weighted by Gasteiger charge is -2.08. The van der Waals surface area contributed by atoms with Crippen LogP contribution in [-0.4, -0.2) is 17.8 Å². The fourth-order valence-electron chi connectivity index (χ4n) is 1.70. The fourth-order valence-corrected chi connectivity index (χ4v) is 2.79. The molecule has 0 radical (unpaired) electrons. The summed E-state index contributed by atoms with van der Waals surface area (Å²) >= 11 is 1.87. The number of thioether (sulfide) groups is 1. The largest absolute Gasteiger partial charge is 0.362 e. The second-order valence-electron chi connectivity index (χ2n) is 4.08. The van der Waals surface area contributed by atoms with Crippen molar-refractivity contribution in [2.75, 3.05) is 6.54 Å². The van der Waals surface area contributed by atoms with E-state index in [2.05, 4.69) is 40.6 Å². The highest BCUT2D eigenvalue weighted by Gasteiger charge is 2.27. The van der Waals surface area contributed by atoms with Gasteiger partial charge in [0.25, 0.3) is 0 Å². The second kappa shape index (κ2) is 3.89. The molecule has 0 amide bonds. The summed E-state index contributed by atoms with van der Waals surface area (Å²) in [6.45, 7) is 0.920. The second-order valence-corrected chi connectivity index (χ2v) is 5.27. The highest BCUT2D eigenvalue weighted by atomic mass is 32.2. The lowest BCUT2D eigenvalue weighted by molar-refractivity contribution is 0.906. The summed E-state index contributed by atoms with van der Waals surface area (Å²) in [5.41, 5.74) is 1.39. The standard InChI is InChI=1S/C12H14N2S/c1-2-4-9(5-3-1)11-8-13-12(15-11)14-10-6-7-10/h1-5,10-11H,6-8H2,(H,13,14). The van der Waals surface area contributed by atoms with Gasteiger partial charge in [-0.3, -0.25) is 4.99 Å². The molecular weight excluding hydrogens is 204 g/mol. The predicted molar refractivity (Wildman–Crippen MR) is 65.2 cm³/mol. The highest BCUT2D eigenvalue weighted by molar-refractivity contribution is 8.14. The summed E-state index contributed by atoms with van der Waals surface area (Å²) in [5.74, 6) is 0. The number of rotatable bonds is 2. The third-order valence-corrected chi connectivity index (χ3v) is 3.91. The maximum absolute atomic E-state index is 4.54. The molecule has 1 heterocycles. The predicted octanol–water partition coefficient (Wildman–Crippen LogP) is 2.58. The van der Waals surface area contributed by atoms with E-state index in [0.717, 1.165) is 11.7 Å². The molecule has 3 rings (SSSR count). The first-order chi connectivity index (χ1) is 7.42. The van der Waals surface area contributed by atoms with Crippen molar-refractivity contribution in [2.45, 2.75) is 24.1 Å². The van der Waals surface area contributed by atoms with Crippen LogP contribution in [0.3, 0.4) is 0 Å². The van der Waals surface area contributed by atoms with Crippen LogP contribution in [0.1, 0.15) is 23.7 Å². The van der Waals surface area contributed by atoms with Gasteiger partial charge < -0.3 is 5.32 Å². The molecule has 1 aliphatic carbocycles. The minimum atomic E-state index is 0.521. The molecule has 1 aliphatic heterocycles. The molecule has 15 heavy (non-hydrogen) atoms. The average molecular weight is 218 g/mol. The third-order valence-electron chi connectivity index (χ3n) is 2.73. The summed E-state index contributed by atoms with van der Waals surface area (Å²) < 4.78 is 0. The summed E-state index contributed by atoms with van der Waals surface area (Å²) in [5, 5.41) is 5.13. The van der Waals surface area contributed by atoms with E-state index in [1.54, 1.807) is 0 Å². The first-order valence-electron chi connectivity index (χ1n) is 5.44. The molecule has 0 spiro atoms. The molecule has 78 valence electrons. The SMILES string of the molecule is c1ccc(C2CN=C(NC3CC3)S2)cc1. The van der Waals surface area contributed by atoms with Crippen molar-refractivity contribution in [2.24, 2.45) is 4.99 Å². The molecule has 1 fully saturated rings. The fraction of sp³-hybridized carbons (Fsp3) is 0.417. The Hall–Kier alpha value is -0.960. The van der Waals surface area contributed by atoms with Gasteiger partial charge >= 0.3 is 0 Å². The lowest BCUT2D eigenvalue weighted by Crippen LogP contribution is -2.20. The lowest BCUT2D eigenvalue weighted by atomic mass is 10.1. The quantitative estimate of drug-likeness (QED) is 0.825. The Morgan fingerprint density at radius 3 is 2.73 bits per heavy atom. The van der Waals surface area contributed by atoms with Crippen LogP contribution in [0.2, 0.25) is 0 Å². The van der Waals surface area contributed by atoms with Crippen LogP contribution in [0.4, 0.5) is 0 Å². The molecule has 0 bridgehead atoms. The van der Waals surface area contributed by atoms with E-state index >= 15 is 0 Å². The highest BCUT2D eigenvalue weighted by Crippen LogP contribution is 2.35. The van der Waals surface area contributed by atoms with Crippen LogP contribution in [0, 0.1) is 0 Å². The zero-order valence-corrected chi connectivity index (χ0v) is 9.33. The third kappa shape index (κ3) is 2.17. The van der Waals surface area contributed by atoms with Crippen LogP contribution < -0.4 is 5.32 Å². The van der Waals surface area contributed by atoms with Crippen molar-refractivity contribution < 1.29 is 0 Å². The van der Waals surface area contributed by atoms with Crippen LogP contribution in [-0.2, 0) is 0 Å². The van der Waals surface area contributed by atoms with Crippen molar-refractivity contribution in [1.29, 1.82) is 0 Å². The van der Waals surface area contributed by atoms with Crippen molar-refractivity contribution >= 4 is 16.9 Å². The molecule has 3 heteroatoms. The average Bonchev–Trinajstić information content (AvgIpc) is 2.96. The molecule has 1 N–H and O–H groups in total. The van der Waals surface area contributed by atoms with Gasteiger partial charge in [-0.05, 0) is 18.4 Å².